The number of alkyl carbamates (subject to hydrolysis) is 1. The summed E-state index contributed by atoms with van der Waals surface area (Å²) in [6.45, 7) is 8.79. The maximum absolute atomic E-state index is 13.3. The summed E-state index contributed by atoms with van der Waals surface area (Å²) >= 11 is 0. The van der Waals surface area contributed by atoms with Gasteiger partial charge in [-0.3, -0.25) is 4.79 Å². The van der Waals surface area contributed by atoms with Gasteiger partial charge >= 0.3 is 12.1 Å². The van der Waals surface area contributed by atoms with Gasteiger partial charge in [-0.2, -0.15) is 0 Å². The molecule has 2 atom stereocenters. The zero-order valence-corrected chi connectivity index (χ0v) is 22.2. The van der Waals surface area contributed by atoms with Crippen molar-refractivity contribution >= 4 is 23.7 Å². The van der Waals surface area contributed by atoms with Crippen LogP contribution < -0.4 is 15.0 Å². The van der Waals surface area contributed by atoms with Crippen LogP contribution in [0.4, 0.5) is 10.5 Å². The van der Waals surface area contributed by atoms with Gasteiger partial charge in [0.2, 0.25) is 5.91 Å². The first-order chi connectivity index (χ1) is 16.5. The summed E-state index contributed by atoms with van der Waals surface area (Å²) < 4.78 is 16.2. The van der Waals surface area contributed by atoms with E-state index in [4.69, 9.17) is 14.2 Å². The topological polar surface area (TPSA) is 97.4 Å². The molecule has 0 spiro atoms. The lowest BCUT2D eigenvalue weighted by molar-refractivity contribution is -0.146. The molecule has 1 N–H and O–H groups in total. The van der Waals surface area contributed by atoms with Crippen LogP contribution in [0.5, 0.6) is 5.75 Å². The number of amides is 2. The second-order valence-corrected chi connectivity index (χ2v) is 10.1. The van der Waals surface area contributed by atoms with Crippen molar-refractivity contribution in [2.45, 2.75) is 70.9 Å². The third kappa shape index (κ3) is 8.42. The Morgan fingerprint density at radius 3 is 2.54 bits per heavy atom. The number of likely N-dealkylation sites (N-methyl/N-ethyl adjacent to an activating group) is 1. The van der Waals surface area contributed by atoms with Gasteiger partial charge in [0.25, 0.3) is 0 Å². The summed E-state index contributed by atoms with van der Waals surface area (Å²) in [7, 11) is 5.62. The van der Waals surface area contributed by atoms with Crippen molar-refractivity contribution in [1.82, 2.24) is 10.2 Å². The van der Waals surface area contributed by atoms with Crippen molar-refractivity contribution in [1.29, 1.82) is 0 Å². The molecule has 9 nitrogen and oxygen atoms in total. The van der Waals surface area contributed by atoms with Crippen LogP contribution in [0.1, 0.15) is 64.9 Å². The molecule has 1 aromatic carbocycles. The zero-order chi connectivity index (χ0) is 26.2. The van der Waals surface area contributed by atoms with Crippen molar-refractivity contribution < 1.29 is 28.6 Å². The Balaban J connectivity index is 2.14. The number of nitrogens with one attached hydrogen (secondary N) is 1. The summed E-state index contributed by atoms with van der Waals surface area (Å²) in [5.41, 5.74) is 1.12. The molecular formula is C26H41N3O6. The molecule has 0 saturated heterocycles. The average Bonchev–Trinajstić information content (AvgIpc) is 3.13. The molecule has 1 heterocycles. The second kappa shape index (κ2) is 12.8. The number of esters is 1. The highest BCUT2D eigenvalue weighted by molar-refractivity contribution is 5.97. The highest BCUT2D eigenvalue weighted by Crippen LogP contribution is 2.42. The molecule has 2 rings (SSSR count). The van der Waals surface area contributed by atoms with E-state index in [0.29, 0.717) is 6.54 Å². The van der Waals surface area contributed by atoms with Gasteiger partial charge in [-0.1, -0.05) is 19.4 Å². The minimum absolute atomic E-state index is 0.0642. The summed E-state index contributed by atoms with van der Waals surface area (Å²) in [6, 6.07) is 4.72. The molecule has 0 aliphatic carbocycles. The Morgan fingerprint density at radius 2 is 1.94 bits per heavy atom. The summed E-state index contributed by atoms with van der Waals surface area (Å²) in [4.78, 5) is 42.1. The molecule has 1 aliphatic heterocycles. The number of hydrogen-bond acceptors (Lipinski definition) is 7. The Hall–Kier alpha value is -2.81. The number of carbonyl (C=O) groups excluding carboxylic acids is 3. The molecule has 1 aromatic rings. The fraction of sp³-hybridized carbons (Fsp3) is 0.654. The van der Waals surface area contributed by atoms with Crippen molar-refractivity contribution in [3.05, 3.63) is 23.8 Å². The molecule has 0 saturated carbocycles. The minimum atomic E-state index is -0.976. The van der Waals surface area contributed by atoms with E-state index in [2.05, 4.69) is 10.2 Å². The summed E-state index contributed by atoms with van der Waals surface area (Å²) in [5.74, 6) is 0.174. The Morgan fingerprint density at radius 1 is 1.23 bits per heavy atom. The summed E-state index contributed by atoms with van der Waals surface area (Å²) in [6.07, 6.45) is 1.06. The zero-order valence-electron chi connectivity index (χ0n) is 22.2. The molecule has 35 heavy (non-hydrogen) atoms. The fourth-order valence-corrected chi connectivity index (χ4v) is 4.11. The van der Waals surface area contributed by atoms with Crippen LogP contribution in [-0.4, -0.2) is 75.4 Å². The van der Waals surface area contributed by atoms with Crippen LogP contribution in [0.25, 0.3) is 0 Å². The largest absolute Gasteiger partial charge is 0.496 e. The molecule has 2 amide bonds. The Kier molecular flexibility index (Phi) is 10.4. The van der Waals surface area contributed by atoms with Crippen LogP contribution in [-0.2, 0) is 19.1 Å². The standard InChI is InChI=1S/C26H41N3O6/c1-8-9-15-34-24(31)19(27-25(32)35-26(2,3)4)13-14-22(30)29-17-18(16-28(5)6)23-20(29)11-10-12-21(23)33-7/h10-12,18-19H,8-9,13-17H2,1-7H3,(H,27,32). The number of hydrogen-bond donors (Lipinski definition) is 1. The van der Waals surface area contributed by atoms with Crippen LogP contribution in [0.3, 0.4) is 0 Å². The number of fused-ring (bicyclic) bond motifs is 1. The Labute approximate surface area is 209 Å². The van der Waals surface area contributed by atoms with Crippen molar-refractivity contribution in [2.24, 2.45) is 0 Å². The molecule has 0 bridgehead atoms. The average molecular weight is 492 g/mol. The normalized spacial score (nSPS) is 16.0. The van der Waals surface area contributed by atoms with Crippen LogP contribution in [0, 0.1) is 0 Å². The van der Waals surface area contributed by atoms with Crippen LogP contribution in [0.2, 0.25) is 0 Å². The van der Waals surface area contributed by atoms with Crippen molar-refractivity contribution in [2.75, 3.05) is 45.8 Å². The molecule has 0 fully saturated rings. The Bertz CT molecular complexity index is 880. The number of unbranched alkanes of at least 4 members (excludes halogenated alkanes) is 1. The second-order valence-electron chi connectivity index (χ2n) is 10.1. The number of rotatable bonds is 11. The highest BCUT2D eigenvalue weighted by atomic mass is 16.6. The number of benzene rings is 1. The first-order valence-electron chi connectivity index (χ1n) is 12.2. The van der Waals surface area contributed by atoms with Crippen molar-refractivity contribution in [3.63, 3.8) is 0 Å². The first-order valence-corrected chi connectivity index (χ1v) is 12.2. The number of carbonyl (C=O) groups is 3. The monoisotopic (exact) mass is 491 g/mol. The molecule has 196 valence electrons. The van der Waals surface area contributed by atoms with Gasteiger partial charge in [0.1, 0.15) is 17.4 Å². The number of methoxy groups -OCH3 is 1. The van der Waals surface area contributed by atoms with Crippen LogP contribution >= 0.6 is 0 Å². The lowest BCUT2D eigenvalue weighted by atomic mass is 10.00. The van der Waals surface area contributed by atoms with Gasteiger partial charge in [0.15, 0.2) is 0 Å². The predicted molar refractivity (Wildman–Crippen MR) is 135 cm³/mol. The smallest absolute Gasteiger partial charge is 0.408 e. The molecule has 0 aromatic heterocycles. The third-order valence-corrected chi connectivity index (χ3v) is 5.62. The van der Waals surface area contributed by atoms with E-state index in [9.17, 15) is 14.4 Å². The summed E-state index contributed by atoms with van der Waals surface area (Å²) in [5, 5.41) is 2.59. The highest BCUT2D eigenvalue weighted by Gasteiger charge is 2.35. The van der Waals surface area contributed by atoms with E-state index >= 15 is 0 Å². The SMILES string of the molecule is CCCCOC(=O)C(CCC(=O)N1CC(CN(C)C)c2c(OC)cccc21)NC(=O)OC(C)(C)C. The lowest BCUT2D eigenvalue weighted by Gasteiger charge is -2.24. The number of anilines is 1. The first kappa shape index (κ1) is 28.4. The molecule has 9 heteroatoms. The van der Waals surface area contributed by atoms with E-state index in [1.807, 2.05) is 39.2 Å². The van der Waals surface area contributed by atoms with E-state index in [0.717, 1.165) is 36.4 Å². The third-order valence-electron chi connectivity index (χ3n) is 5.62. The minimum Gasteiger partial charge on any atom is -0.496 e. The van der Waals surface area contributed by atoms with Gasteiger partial charge < -0.3 is 29.3 Å². The van der Waals surface area contributed by atoms with Gasteiger partial charge in [0.05, 0.1) is 19.4 Å². The molecular weight excluding hydrogens is 450 g/mol. The van der Waals surface area contributed by atoms with Gasteiger partial charge in [-0.15, -0.1) is 0 Å². The lowest BCUT2D eigenvalue weighted by Crippen LogP contribution is -2.45. The van der Waals surface area contributed by atoms with Crippen molar-refractivity contribution in [3.8, 4) is 5.75 Å². The quantitative estimate of drug-likeness (QED) is 0.372. The van der Waals surface area contributed by atoms with Crippen LogP contribution in [0.15, 0.2) is 18.2 Å². The number of nitrogens with zero attached hydrogens (tertiary/aromatic N) is 2. The van der Waals surface area contributed by atoms with Gasteiger partial charge in [-0.05, 0) is 59.8 Å². The van der Waals surface area contributed by atoms with E-state index in [-0.39, 0.29) is 31.3 Å². The van der Waals surface area contributed by atoms with E-state index < -0.39 is 23.7 Å². The van der Waals surface area contributed by atoms with Gasteiger partial charge in [0, 0.05) is 31.0 Å². The maximum atomic E-state index is 13.3. The number of ether oxygens (including phenoxy) is 3. The van der Waals surface area contributed by atoms with E-state index in [1.165, 1.54) is 0 Å². The van der Waals surface area contributed by atoms with Gasteiger partial charge in [-0.25, -0.2) is 9.59 Å². The molecule has 2 unspecified atom stereocenters. The fourth-order valence-electron chi connectivity index (χ4n) is 4.11. The molecule has 1 aliphatic rings. The predicted octanol–water partition coefficient (Wildman–Crippen LogP) is 3.70. The van der Waals surface area contributed by atoms with E-state index in [1.54, 1.807) is 32.8 Å². The maximum Gasteiger partial charge on any atom is 0.408 e. The molecule has 0 radical (unpaired) electrons.